The molecule has 0 unspecified atom stereocenters. The lowest BCUT2D eigenvalue weighted by atomic mass is 10.2. The van der Waals surface area contributed by atoms with Gasteiger partial charge in [0.1, 0.15) is 5.75 Å². The normalized spacial score (nSPS) is 14.3. The van der Waals surface area contributed by atoms with Crippen molar-refractivity contribution < 1.29 is 27.5 Å². The second-order valence-corrected chi connectivity index (χ2v) is 8.98. The summed E-state index contributed by atoms with van der Waals surface area (Å²) in [6.45, 7) is 0.472. The van der Waals surface area contributed by atoms with Gasteiger partial charge in [-0.1, -0.05) is 11.6 Å². The summed E-state index contributed by atoms with van der Waals surface area (Å²) in [5.41, 5.74) is 0.492. The zero-order valence-corrected chi connectivity index (χ0v) is 17.8. The molecule has 0 saturated carbocycles. The number of carbonyl (C=O) groups is 2. The Labute approximate surface area is 179 Å². The Morgan fingerprint density at radius 1 is 1.10 bits per heavy atom. The predicted molar refractivity (Wildman–Crippen MR) is 111 cm³/mol. The average Bonchev–Trinajstić information content (AvgIpc) is 3.28. The van der Waals surface area contributed by atoms with E-state index in [2.05, 4.69) is 5.32 Å². The maximum Gasteiger partial charge on any atom is 0.338 e. The molecule has 10 heteroatoms. The lowest BCUT2D eigenvalue weighted by molar-refractivity contribution is -0.119. The third kappa shape index (κ3) is 5.10. The van der Waals surface area contributed by atoms with Gasteiger partial charge in [0.15, 0.2) is 6.61 Å². The number of benzene rings is 2. The molecule has 8 nitrogen and oxygen atoms in total. The van der Waals surface area contributed by atoms with Gasteiger partial charge in [0.2, 0.25) is 10.0 Å². The van der Waals surface area contributed by atoms with Gasteiger partial charge in [-0.15, -0.1) is 0 Å². The number of sulfonamides is 1. The summed E-state index contributed by atoms with van der Waals surface area (Å²) in [5, 5.41) is 2.97. The largest absolute Gasteiger partial charge is 0.495 e. The number of amides is 1. The molecule has 0 aromatic heterocycles. The molecule has 0 aliphatic carbocycles. The molecule has 0 radical (unpaired) electrons. The van der Waals surface area contributed by atoms with Gasteiger partial charge < -0.3 is 14.8 Å². The van der Waals surface area contributed by atoms with Gasteiger partial charge in [0, 0.05) is 18.1 Å². The number of rotatable bonds is 7. The fourth-order valence-electron chi connectivity index (χ4n) is 3.02. The molecule has 1 fully saturated rings. The molecule has 30 heavy (non-hydrogen) atoms. The molecule has 3 rings (SSSR count). The van der Waals surface area contributed by atoms with E-state index in [0.29, 0.717) is 29.5 Å². The highest BCUT2D eigenvalue weighted by molar-refractivity contribution is 7.89. The minimum atomic E-state index is -3.56. The summed E-state index contributed by atoms with van der Waals surface area (Å²) in [6.07, 6.45) is 1.68. The van der Waals surface area contributed by atoms with Crippen molar-refractivity contribution in [1.82, 2.24) is 4.31 Å². The topological polar surface area (TPSA) is 102 Å². The fraction of sp³-hybridized carbons (Fsp3) is 0.300. The summed E-state index contributed by atoms with van der Waals surface area (Å²) >= 11 is 5.91. The molecular weight excluding hydrogens is 432 g/mol. The SMILES string of the molecule is COc1ccc(Cl)cc1NC(=O)COC(=O)c1ccc(S(=O)(=O)N2CCCC2)cc1. The molecule has 1 aliphatic rings. The van der Waals surface area contributed by atoms with Gasteiger partial charge in [-0.05, 0) is 55.3 Å². The smallest absolute Gasteiger partial charge is 0.338 e. The van der Waals surface area contributed by atoms with Gasteiger partial charge in [0.05, 0.1) is 23.3 Å². The highest BCUT2D eigenvalue weighted by Gasteiger charge is 2.27. The van der Waals surface area contributed by atoms with Crippen LogP contribution in [0.5, 0.6) is 5.75 Å². The third-order valence-electron chi connectivity index (χ3n) is 4.56. The van der Waals surface area contributed by atoms with E-state index in [9.17, 15) is 18.0 Å². The highest BCUT2D eigenvalue weighted by Crippen LogP contribution is 2.27. The maximum atomic E-state index is 12.5. The summed E-state index contributed by atoms with van der Waals surface area (Å²) in [5.74, 6) is -0.903. The molecule has 0 spiro atoms. The van der Waals surface area contributed by atoms with Crippen LogP contribution in [0.15, 0.2) is 47.4 Å². The number of ether oxygens (including phenoxy) is 2. The number of esters is 1. The Morgan fingerprint density at radius 3 is 2.40 bits per heavy atom. The van der Waals surface area contributed by atoms with E-state index in [1.807, 2.05) is 0 Å². The van der Waals surface area contributed by atoms with E-state index < -0.39 is 28.5 Å². The molecule has 0 atom stereocenters. The van der Waals surface area contributed by atoms with Crippen LogP contribution in [-0.4, -0.2) is 51.4 Å². The Hall–Kier alpha value is -2.62. The minimum Gasteiger partial charge on any atom is -0.495 e. The second kappa shape index (κ2) is 9.46. The fourth-order valence-corrected chi connectivity index (χ4v) is 4.71. The monoisotopic (exact) mass is 452 g/mol. The van der Waals surface area contributed by atoms with Crippen LogP contribution < -0.4 is 10.1 Å². The van der Waals surface area contributed by atoms with Crippen molar-refractivity contribution in [3.63, 3.8) is 0 Å². The molecule has 2 aromatic rings. The van der Waals surface area contributed by atoms with Crippen molar-refractivity contribution in [2.45, 2.75) is 17.7 Å². The van der Waals surface area contributed by atoms with Gasteiger partial charge in [-0.2, -0.15) is 4.31 Å². The Morgan fingerprint density at radius 2 is 1.77 bits per heavy atom. The Kier molecular flexibility index (Phi) is 6.96. The van der Waals surface area contributed by atoms with Crippen LogP contribution in [0.3, 0.4) is 0 Å². The van der Waals surface area contributed by atoms with E-state index >= 15 is 0 Å². The first-order valence-electron chi connectivity index (χ1n) is 9.22. The molecule has 1 heterocycles. The number of anilines is 1. The lowest BCUT2D eigenvalue weighted by Crippen LogP contribution is -2.27. The number of carbonyl (C=O) groups excluding carboxylic acids is 2. The van der Waals surface area contributed by atoms with Crippen LogP contribution in [0, 0.1) is 0 Å². The quantitative estimate of drug-likeness (QED) is 0.648. The Balaban J connectivity index is 1.58. The second-order valence-electron chi connectivity index (χ2n) is 6.60. The first-order valence-corrected chi connectivity index (χ1v) is 11.0. The molecule has 1 amide bonds. The first kappa shape index (κ1) is 22.1. The van der Waals surface area contributed by atoms with E-state index in [4.69, 9.17) is 21.1 Å². The van der Waals surface area contributed by atoms with Crippen molar-refractivity contribution in [2.24, 2.45) is 0 Å². The van der Waals surface area contributed by atoms with Gasteiger partial charge in [-0.3, -0.25) is 4.79 Å². The predicted octanol–water partition coefficient (Wildman–Crippen LogP) is 2.93. The van der Waals surface area contributed by atoms with Crippen molar-refractivity contribution >= 4 is 39.2 Å². The number of nitrogens with zero attached hydrogens (tertiary/aromatic N) is 1. The molecule has 1 aliphatic heterocycles. The lowest BCUT2D eigenvalue weighted by Gasteiger charge is -2.15. The van der Waals surface area contributed by atoms with Crippen LogP contribution in [0.2, 0.25) is 5.02 Å². The minimum absolute atomic E-state index is 0.117. The third-order valence-corrected chi connectivity index (χ3v) is 6.71. The highest BCUT2D eigenvalue weighted by atomic mass is 35.5. The molecule has 1 N–H and O–H groups in total. The van der Waals surface area contributed by atoms with Crippen molar-refractivity contribution in [2.75, 3.05) is 32.1 Å². The van der Waals surface area contributed by atoms with Crippen LogP contribution in [0.25, 0.3) is 0 Å². The molecule has 160 valence electrons. The van der Waals surface area contributed by atoms with Gasteiger partial charge in [0.25, 0.3) is 5.91 Å². The van der Waals surface area contributed by atoms with Crippen LogP contribution in [0.1, 0.15) is 23.2 Å². The number of hydrogen-bond donors (Lipinski definition) is 1. The van der Waals surface area contributed by atoms with E-state index in [1.54, 1.807) is 12.1 Å². The molecule has 2 aromatic carbocycles. The van der Waals surface area contributed by atoms with Gasteiger partial charge >= 0.3 is 5.97 Å². The number of hydrogen-bond acceptors (Lipinski definition) is 6. The molecule has 1 saturated heterocycles. The number of methoxy groups -OCH3 is 1. The van der Waals surface area contributed by atoms with Gasteiger partial charge in [-0.25, -0.2) is 13.2 Å². The molecular formula is C20H21ClN2O6S. The van der Waals surface area contributed by atoms with Crippen molar-refractivity contribution in [3.05, 3.63) is 53.1 Å². The molecule has 0 bridgehead atoms. The first-order chi connectivity index (χ1) is 14.3. The van der Waals surface area contributed by atoms with E-state index in [1.165, 1.54) is 41.7 Å². The summed E-state index contributed by atoms with van der Waals surface area (Å²) in [4.78, 5) is 24.4. The van der Waals surface area contributed by atoms with Crippen LogP contribution in [0.4, 0.5) is 5.69 Å². The van der Waals surface area contributed by atoms with E-state index in [-0.39, 0.29) is 10.5 Å². The van der Waals surface area contributed by atoms with E-state index in [0.717, 1.165) is 12.8 Å². The van der Waals surface area contributed by atoms with Crippen LogP contribution >= 0.6 is 11.6 Å². The summed E-state index contributed by atoms with van der Waals surface area (Å²) in [7, 11) is -2.11. The van der Waals surface area contributed by atoms with Crippen LogP contribution in [-0.2, 0) is 19.6 Å². The van der Waals surface area contributed by atoms with Crippen molar-refractivity contribution in [1.29, 1.82) is 0 Å². The standard InChI is InChI=1S/C20H21ClN2O6S/c1-28-18-9-6-15(21)12-17(18)22-19(24)13-29-20(25)14-4-7-16(8-5-14)30(26,27)23-10-2-3-11-23/h4-9,12H,2-3,10-11,13H2,1H3,(H,22,24). The maximum absolute atomic E-state index is 12.5. The average molecular weight is 453 g/mol. The Bertz CT molecular complexity index is 1030. The van der Waals surface area contributed by atoms with Crippen molar-refractivity contribution in [3.8, 4) is 5.75 Å². The number of halogens is 1. The summed E-state index contributed by atoms with van der Waals surface area (Å²) < 4.78 is 36.6. The zero-order valence-electron chi connectivity index (χ0n) is 16.3. The summed E-state index contributed by atoms with van der Waals surface area (Å²) in [6, 6.07) is 10.2. The zero-order chi connectivity index (χ0) is 21.7. The number of nitrogens with one attached hydrogen (secondary N) is 1.